The monoisotopic (exact) mass is 399 g/mol. The first-order valence-corrected chi connectivity index (χ1v) is 10.8. The highest BCUT2D eigenvalue weighted by molar-refractivity contribution is 7.89. The minimum absolute atomic E-state index is 0.107. The molecule has 1 aromatic heterocycles. The molecule has 0 aliphatic heterocycles. The van der Waals surface area contributed by atoms with Crippen LogP contribution in [0.2, 0.25) is 0 Å². The van der Waals surface area contributed by atoms with Gasteiger partial charge in [0.25, 0.3) is 0 Å². The van der Waals surface area contributed by atoms with E-state index in [1.807, 2.05) is 44.3 Å². The van der Waals surface area contributed by atoms with Crippen molar-refractivity contribution < 1.29 is 13.2 Å². The molecule has 0 atom stereocenters. The van der Waals surface area contributed by atoms with Crippen LogP contribution >= 0.6 is 0 Å². The van der Waals surface area contributed by atoms with E-state index in [9.17, 15) is 13.2 Å². The van der Waals surface area contributed by atoms with Gasteiger partial charge in [0.15, 0.2) is 0 Å². The van der Waals surface area contributed by atoms with Gasteiger partial charge in [-0.25, -0.2) is 8.42 Å². The SMILES string of the molecule is CCN(CC)S(=O)(=O)c1ccc(NC(=O)CCc2c[nH]c3ccccc23)cc1. The molecule has 0 saturated carbocycles. The number of nitrogens with one attached hydrogen (secondary N) is 2. The first-order chi connectivity index (χ1) is 13.5. The van der Waals surface area contributed by atoms with Crippen molar-refractivity contribution in [2.45, 2.75) is 31.6 Å². The fourth-order valence-corrected chi connectivity index (χ4v) is 4.69. The molecule has 0 unspecified atom stereocenters. The van der Waals surface area contributed by atoms with Gasteiger partial charge in [-0.1, -0.05) is 32.0 Å². The molecule has 2 aromatic carbocycles. The molecule has 0 radical (unpaired) electrons. The number of nitrogens with zero attached hydrogens (tertiary/aromatic N) is 1. The number of amides is 1. The molecule has 3 rings (SSSR count). The molecule has 0 spiro atoms. The summed E-state index contributed by atoms with van der Waals surface area (Å²) in [5.41, 5.74) is 2.75. The quantitative estimate of drug-likeness (QED) is 0.605. The number of para-hydroxylation sites is 1. The zero-order valence-corrected chi connectivity index (χ0v) is 16.9. The van der Waals surface area contributed by atoms with Crippen LogP contribution in [0.25, 0.3) is 10.9 Å². The maximum Gasteiger partial charge on any atom is 0.243 e. The Labute approximate surface area is 165 Å². The number of sulfonamides is 1. The van der Waals surface area contributed by atoms with Gasteiger partial charge < -0.3 is 10.3 Å². The number of carbonyl (C=O) groups excluding carboxylic acids is 1. The Balaban J connectivity index is 1.61. The van der Waals surface area contributed by atoms with Gasteiger partial charge in [-0.3, -0.25) is 4.79 Å². The van der Waals surface area contributed by atoms with Crippen LogP contribution in [0.5, 0.6) is 0 Å². The van der Waals surface area contributed by atoms with Crippen LogP contribution in [-0.4, -0.2) is 36.7 Å². The smallest absolute Gasteiger partial charge is 0.243 e. The molecule has 7 heteroatoms. The third-order valence-electron chi connectivity index (χ3n) is 4.78. The van der Waals surface area contributed by atoms with Gasteiger partial charge in [-0.2, -0.15) is 4.31 Å². The summed E-state index contributed by atoms with van der Waals surface area (Å²) in [5.74, 6) is -0.107. The lowest BCUT2D eigenvalue weighted by molar-refractivity contribution is -0.116. The van der Waals surface area contributed by atoms with Gasteiger partial charge >= 0.3 is 0 Å². The summed E-state index contributed by atoms with van der Waals surface area (Å²) >= 11 is 0. The molecule has 0 aliphatic carbocycles. The summed E-state index contributed by atoms with van der Waals surface area (Å²) in [4.78, 5) is 15.7. The van der Waals surface area contributed by atoms with Crippen LogP contribution in [0.4, 0.5) is 5.69 Å². The molecule has 1 amide bonds. The third kappa shape index (κ3) is 4.26. The van der Waals surface area contributed by atoms with Crippen molar-refractivity contribution in [1.82, 2.24) is 9.29 Å². The highest BCUT2D eigenvalue weighted by Gasteiger charge is 2.21. The van der Waals surface area contributed by atoms with E-state index < -0.39 is 10.0 Å². The van der Waals surface area contributed by atoms with Gasteiger partial charge in [-0.15, -0.1) is 0 Å². The summed E-state index contributed by atoms with van der Waals surface area (Å²) < 4.78 is 26.4. The molecule has 2 N–H and O–H groups in total. The number of H-pyrrole nitrogens is 1. The third-order valence-corrected chi connectivity index (χ3v) is 6.84. The number of rotatable bonds is 8. The zero-order valence-electron chi connectivity index (χ0n) is 16.1. The molecule has 1 heterocycles. The number of anilines is 1. The van der Waals surface area contributed by atoms with Crippen molar-refractivity contribution in [3.63, 3.8) is 0 Å². The van der Waals surface area contributed by atoms with Crippen LogP contribution in [0.1, 0.15) is 25.8 Å². The van der Waals surface area contributed by atoms with Crippen molar-refractivity contribution in [2.75, 3.05) is 18.4 Å². The second-order valence-electron chi connectivity index (χ2n) is 6.52. The second-order valence-corrected chi connectivity index (χ2v) is 8.46. The Morgan fingerprint density at radius 1 is 1.04 bits per heavy atom. The Bertz CT molecular complexity index is 1050. The van der Waals surface area contributed by atoms with Gasteiger partial charge in [0, 0.05) is 42.3 Å². The molecular weight excluding hydrogens is 374 g/mol. The minimum atomic E-state index is -3.49. The average molecular weight is 400 g/mol. The van der Waals surface area contributed by atoms with Crippen LogP contribution in [0.3, 0.4) is 0 Å². The zero-order chi connectivity index (χ0) is 20.1. The molecule has 3 aromatic rings. The number of fused-ring (bicyclic) bond motifs is 1. The topological polar surface area (TPSA) is 82.3 Å². The lowest BCUT2D eigenvalue weighted by Gasteiger charge is -2.18. The number of aryl methyl sites for hydroxylation is 1. The summed E-state index contributed by atoms with van der Waals surface area (Å²) in [6, 6.07) is 14.3. The lowest BCUT2D eigenvalue weighted by atomic mass is 10.1. The van der Waals surface area contributed by atoms with Crippen LogP contribution in [0.15, 0.2) is 59.6 Å². The summed E-state index contributed by atoms with van der Waals surface area (Å²) in [7, 11) is -3.49. The van der Waals surface area contributed by atoms with Crippen molar-refractivity contribution in [3.05, 3.63) is 60.3 Å². The molecule has 6 nitrogen and oxygen atoms in total. The van der Waals surface area contributed by atoms with E-state index in [1.165, 1.54) is 16.4 Å². The summed E-state index contributed by atoms with van der Waals surface area (Å²) in [6.07, 6.45) is 2.91. The maximum absolute atomic E-state index is 12.5. The van der Waals surface area contributed by atoms with Gasteiger partial charge in [0.1, 0.15) is 0 Å². The number of aromatic amines is 1. The van der Waals surface area contributed by atoms with E-state index in [1.54, 1.807) is 12.1 Å². The van der Waals surface area contributed by atoms with E-state index in [0.29, 0.717) is 31.6 Å². The number of aromatic nitrogens is 1. The van der Waals surface area contributed by atoms with E-state index in [4.69, 9.17) is 0 Å². The molecule has 0 bridgehead atoms. The maximum atomic E-state index is 12.5. The molecule has 0 saturated heterocycles. The van der Waals surface area contributed by atoms with Crippen LogP contribution < -0.4 is 5.32 Å². The predicted molar refractivity (Wildman–Crippen MR) is 112 cm³/mol. The van der Waals surface area contributed by atoms with Crippen molar-refractivity contribution in [3.8, 4) is 0 Å². The second kappa shape index (κ2) is 8.58. The number of hydrogen-bond acceptors (Lipinski definition) is 3. The fourth-order valence-electron chi connectivity index (χ4n) is 3.23. The molecule has 0 fully saturated rings. The van der Waals surface area contributed by atoms with E-state index in [2.05, 4.69) is 10.3 Å². The van der Waals surface area contributed by atoms with E-state index >= 15 is 0 Å². The molecule has 0 aliphatic rings. The molecule has 28 heavy (non-hydrogen) atoms. The Morgan fingerprint density at radius 2 is 1.71 bits per heavy atom. The number of benzene rings is 2. The Hall–Kier alpha value is -2.64. The predicted octanol–water partition coefficient (Wildman–Crippen LogP) is 3.77. The summed E-state index contributed by atoms with van der Waals surface area (Å²) in [5, 5.41) is 3.96. The van der Waals surface area contributed by atoms with Crippen molar-refractivity contribution in [2.24, 2.45) is 0 Å². The van der Waals surface area contributed by atoms with Crippen molar-refractivity contribution >= 4 is 32.5 Å². The van der Waals surface area contributed by atoms with E-state index in [-0.39, 0.29) is 10.8 Å². The fraction of sp³-hybridized carbons (Fsp3) is 0.286. The Morgan fingerprint density at radius 3 is 2.39 bits per heavy atom. The van der Waals surface area contributed by atoms with Crippen molar-refractivity contribution in [1.29, 1.82) is 0 Å². The Kier molecular flexibility index (Phi) is 6.16. The highest BCUT2D eigenvalue weighted by atomic mass is 32.2. The van der Waals surface area contributed by atoms with Gasteiger partial charge in [-0.05, 0) is 42.3 Å². The number of hydrogen-bond donors (Lipinski definition) is 2. The minimum Gasteiger partial charge on any atom is -0.361 e. The normalized spacial score (nSPS) is 11.8. The summed E-state index contributed by atoms with van der Waals surface area (Å²) in [6.45, 7) is 4.46. The lowest BCUT2D eigenvalue weighted by Crippen LogP contribution is -2.30. The standard InChI is InChI=1S/C21H25N3O3S/c1-3-24(4-2)28(26,27)18-12-10-17(11-13-18)23-21(25)14-9-16-15-22-20-8-6-5-7-19(16)20/h5-8,10-13,15,22H,3-4,9,14H2,1-2H3,(H,23,25). The van der Waals surface area contributed by atoms with Crippen LogP contribution in [-0.2, 0) is 21.2 Å². The first-order valence-electron chi connectivity index (χ1n) is 9.40. The molecule has 148 valence electrons. The molecular formula is C21H25N3O3S. The van der Waals surface area contributed by atoms with Gasteiger partial charge in [0.2, 0.25) is 15.9 Å². The largest absolute Gasteiger partial charge is 0.361 e. The van der Waals surface area contributed by atoms with Crippen LogP contribution in [0, 0.1) is 0 Å². The first kappa shape index (κ1) is 20.1. The van der Waals surface area contributed by atoms with Gasteiger partial charge in [0.05, 0.1) is 4.90 Å². The highest BCUT2D eigenvalue weighted by Crippen LogP contribution is 2.20. The van der Waals surface area contributed by atoms with E-state index in [0.717, 1.165) is 16.5 Å². The average Bonchev–Trinajstić information content (AvgIpc) is 3.11. The number of carbonyl (C=O) groups is 1.